The summed E-state index contributed by atoms with van der Waals surface area (Å²) in [6.45, 7) is 6.32. The van der Waals surface area contributed by atoms with E-state index >= 15 is 0 Å². The number of carboxylic acid groups (broad SMARTS) is 1. The number of carboxylic acids is 1. The predicted molar refractivity (Wildman–Crippen MR) is 109 cm³/mol. The summed E-state index contributed by atoms with van der Waals surface area (Å²) in [6.07, 6.45) is 10.1. The van der Waals surface area contributed by atoms with Crippen molar-refractivity contribution in [2.75, 3.05) is 6.61 Å². The lowest BCUT2D eigenvalue weighted by atomic mass is 9.57. The van der Waals surface area contributed by atoms with Crippen LogP contribution in [0, 0.1) is 17.3 Å². The molecule has 2 aliphatic rings. The maximum atomic E-state index is 12.1. The summed E-state index contributed by atoms with van der Waals surface area (Å²) in [5.74, 6) is -1.04. The summed E-state index contributed by atoms with van der Waals surface area (Å²) < 4.78 is 5.51. The summed E-state index contributed by atoms with van der Waals surface area (Å²) in [4.78, 5) is 23.5. The molecule has 3 atom stereocenters. The minimum Gasteiger partial charge on any atom is -0.478 e. The molecule has 0 aliphatic heterocycles. The van der Waals surface area contributed by atoms with Crippen molar-refractivity contribution >= 4 is 18.0 Å². The molecule has 0 bridgehead atoms. The second kappa shape index (κ2) is 8.59. The van der Waals surface area contributed by atoms with Crippen LogP contribution in [0.2, 0.25) is 0 Å². The van der Waals surface area contributed by atoms with Crippen molar-refractivity contribution in [1.29, 1.82) is 0 Å². The molecule has 3 unspecified atom stereocenters. The summed E-state index contributed by atoms with van der Waals surface area (Å²) in [5, 5.41) is 9.30. The normalized spacial score (nSPS) is 27.0. The Morgan fingerprint density at radius 3 is 2.75 bits per heavy atom. The Balaban J connectivity index is 1.63. The summed E-state index contributed by atoms with van der Waals surface area (Å²) in [7, 11) is 0. The highest BCUT2D eigenvalue weighted by atomic mass is 16.5. The number of carbonyl (C=O) groups excluding carboxylic acids is 1. The van der Waals surface area contributed by atoms with E-state index in [-0.39, 0.29) is 29.8 Å². The maximum Gasteiger partial charge on any atom is 0.331 e. The van der Waals surface area contributed by atoms with Crippen molar-refractivity contribution in [3.8, 4) is 0 Å². The fourth-order valence-corrected chi connectivity index (χ4v) is 4.57. The zero-order valence-corrected chi connectivity index (χ0v) is 16.4. The molecule has 4 nitrogen and oxygen atoms in total. The van der Waals surface area contributed by atoms with Crippen LogP contribution in [0.1, 0.15) is 44.6 Å². The first-order chi connectivity index (χ1) is 13.4. The molecule has 0 aromatic heterocycles. The van der Waals surface area contributed by atoms with Gasteiger partial charge < -0.3 is 9.84 Å². The monoisotopic (exact) mass is 380 g/mol. The largest absolute Gasteiger partial charge is 0.478 e. The van der Waals surface area contributed by atoms with Gasteiger partial charge in [-0.15, -0.1) is 0 Å². The molecule has 1 aromatic carbocycles. The SMILES string of the molecule is C=C(C(=O)O)C1CCC2(C)CCC=C(COC(=O)C=Cc3ccccc3)C2C1. The van der Waals surface area contributed by atoms with Crippen molar-refractivity contribution in [3.05, 3.63) is 65.8 Å². The number of fused-ring (bicyclic) bond motifs is 1. The molecule has 4 heteroatoms. The highest BCUT2D eigenvalue weighted by Gasteiger charge is 2.44. The predicted octanol–water partition coefficient (Wildman–Crippen LogP) is 5.03. The molecule has 1 N–H and O–H groups in total. The number of allylic oxidation sites excluding steroid dienone is 1. The molecule has 1 saturated carbocycles. The van der Waals surface area contributed by atoms with Gasteiger partial charge in [-0.05, 0) is 66.6 Å². The Morgan fingerprint density at radius 2 is 2.04 bits per heavy atom. The van der Waals surface area contributed by atoms with Crippen LogP contribution in [-0.2, 0) is 14.3 Å². The molecule has 3 rings (SSSR count). The van der Waals surface area contributed by atoms with Crippen molar-refractivity contribution in [3.63, 3.8) is 0 Å². The molecule has 0 spiro atoms. The molecule has 1 aromatic rings. The Hall–Kier alpha value is -2.62. The van der Waals surface area contributed by atoms with Gasteiger partial charge in [0.15, 0.2) is 0 Å². The fourth-order valence-electron chi connectivity index (χ4n) is 4.57. The fraction of sp³-hybridized carbons (Fsp3) is 0.417. The standard InChI is InChI=1S/C24H28O4/c1-17(23(26)27)19-12-14-24(2)13-6-9-20(21(24)15-19)16-28-22(25)11-10-18-7-4-3-5-8-18/h3-5,7-11,19,21H,1,6,12-16H2,2H3,(H,26,27). The van der Waals surface area contributed by atoms with Crippen molar-refractivity contribution in [1.82, 2.24) is 0 Å². The van der Waals surface area contributed by atoms with Crippen LogP contribution in [0.4, 0.5) is 0 Å². The van der Waals surface area contributed by atoms with E-state index in [0.717, 1.165) is 43.2 Å². The molecular weight excluding hydrogens is 352 g/mol. The smallest absolute Gasteiger partial charge is 0.331 e. The molecule has 148 valence electrons. The first-order valence-electron chi connectivity index (χ1n) is 9.90. The van der Waals surface area contributed by atoms with Crippen LogP contribution in [0.25, 0.3) is 6.08 Å². The van der Waals surface area contributed by atoms with Gasteiger partial charge in [-0.25, -0.2) is 9.59 Å². The minimum absolute atomic E-state index is 0.00856. The van der Waals surface area contributed by atoms with Gasteiger partial charge in [-0.2, -0.15) is 0 Å². The highest BCUT2D eigenvalue weighted by Crippen LogP contribution is 2.53. The molecule has 28 heavy (non-hydrogen) atoms. The molecule has 1 fully saturated rings. The van der Waals surface area contributed by atoms with Gasteiger partial charge in [0.2, 0.25) is 0 Å². The zero-order chi connectivity index (χ0) is 20.1. The molecule has 0 heterocycles. The van der Waals surface area contributed by atoms with Crippen molar-refractivity contribution in [2.45, 2.75) is 39.0 Å². The molecule has 0 amide bonds. The number of ether oxygens (including phenoxy) is 1. The van der Waals surface area contributed by atoms with Crippen LogP contribution >= 0.6 is 0 Å². The number of hydrogen-bond acceptors (Lipinski definition) is 3. The Morgan fingerprint density at radius 1 is 1.29 bits per heavy atom. The van der Waals surface area contributed by atoms with Gasteiger partial charge in [0.1, 0.15) is 6.61 Å². The quantitative estimate of drug-likeness (QED) is 0.427. The Bertz CT molecular complexity index is 805. The number of esters is 1. The molecule has 0 radical (unpaired) electrons. The number of aliphatic carboxylic acids is 1. The Labute approximate surface area is 166 Å². The molecule has 0 saturated heterocycles. The number of rotatable bonds is 6. The highest BCUT2D eigenvalue weighted by molar-refractivity contribution is 5.87. The molecular formula is C24H28O4. The van der Waals surface area contributed by atoms with Gasteiger partial charge in [-0.3, -0.25) is 0 Å². The van der Waals surface area contributed by atoms with E-state index in [4.69, 9.17) is 4.74 Å². The number of carbonyl (C=O) groups is 2. The topological polar surface area (TPSA) is 63.6 Å². The first kappa shape index (κ1) is 20.1. The van der Waals surface area contributed by atoms with Gasteiger partial charge in [0.05, 0.1) is 0 Å². The summed E-state index contributed by atoms with van der Waals surface area (Å²) in [5.41, 5.74) is 2.52. The van der Waals surface area contributed by atoms with Gasteiger partial charge in [0.25, 0.3) is 0 Å². The van der Waals surface area contributed by atoms with E-state index in [9.17, 15) is 14.7 Å². The van der Waals surface area contributed by atoms with Crippen molar-refractivity contribution < 1.29 is 19.4 Å². The lowest BCUT2D eigenvalue weighted by Crippen LogP contribution is -2.39. The second-order valence-corrected chi connectivity index (χ2v) is 8.18. The van der Waals surface area contributed by atoms with Crippen LogP contribution in [0.15, 0.2) is 60.2 Å². The first-order valence-corrected chi connectivity index (χ1v) is 9.90. The van der Waals surface area contributed by atoms with Gasteiger partial charge in [0, 0.05) is 11.6 Å². The van der Waals surface area contributed by atoms with E-state index < -0.39 is 5.97 Å². The van der Waals surface area contributed by atoms with Crippen molar-refractivity contribution in [2.24, 2.45) is 17.3 Å². The van der Waals surface area contributed by atoms with Crippen LogP contribution in [0.3, 0.4) is 0 Å². The van der Waals surface area contributed by atoms with Gasteiger partial charge >= 0.3 is 11.9 Å². The number of benzene rings is 1. The van der Waals surface area contributed by atoms with E-state index in [1.807, 2.05) is 30.3 Å². The van der Waals surface area contributed by atoms with E-state index in [2.05, 4.69) is 19.6 Å². The van der Waals surface area contributed by atoms with Crippen LogP contribution < -0.4 is 0 Å². The third-order valence-corrected chi connectivity index (χ3v) is 6.35. The molecule has 2 aliphatic carbocycles. The zero-order valence-electron chi connectivity index (χ0n) is 16.4. The average molecular weight is 380 g/mol. The van der Waals surface area contributed by atoms with E-state index in [1.54, 1.807) is 6.08 Å². The lowest BCUT2D eigenvalue weighted by Gasteiger charge is -2.48. The van der Waals surface area contributed by atoms with Crippen LogP contribution in [-0.4, -0.2) is 23.7 Å². The third kappa shape index (κ3) is 4.61. The summed E-state index contributed by atoms with van der Waals surface area (Å²) >= 11 is 0. The van der Waals surface area contributed by atoms with Gasteiger partial charge in [-0.1, -0.05) is 49.9 Å². The summed E-state index contributed by atoms with van der Waals surface area (Å²) in [6, 6.07) is 9.62. The van der Waals surface area contributed by atoms with E-state index in [1.165, 1.54) is 6.08 Å². The minimum atomic E-state index is -0.910. The van der Waals surface area contributed by atoms with E-state index in [0.29, 0.717) is 5.57 Å². The lowest BCUT2D eigenvalue weighted by molar-refractivity contribution is -0.137. The Kier molecular flexibility index (Phi) is 6.18. The maximum absolute atomic E-state index is 12.1. The second-order valence-electron chi connectivity index (χ2n) is 8.18. The third-order valence-electron chi connectivity index (χ3n) is 6.35. The average Bonchev–Trinajstić information content (AvgIpc) is 2.70. The number of hydrogen-bond donors (Lipinski definition) is 1. The van der Waals surface area contributed by atoms with Crippen LogP contribution in [0.5, 0.6) is 0 Å².